The van der Waals surface area contributed by atoms with Gasteiger partial charge in [-0.2, -0.15) is 0 Å². The monoisotopic (exact) mass is 499 g/mol. The van der Waals surface area contributed by atoms with Crippen molar-refractivity contribution < 1.29 is 14.4 Å². The van der Waals surface area contributed by atoms with Crippen LogP contribution in [0.1, 0.15) is 67.3 Å². The molecular formula is C23H35Cl2N5O3. The van der Waals surface area contributed by atoms with Crippen LogP contribution < -0.4 is 21.7 Å². The summed E-state index contributed by atoms with van der Waals surface area (Å²) in [5.41, 5.74) is 14.6. The minimum Gasteiger partial charge on any atom is -0.368 e. The van der Waals surface area contributed by atoms with Crippen LogP contribution in [0.15, 0.2) is 18.2 Å². The SMILES string of the molecule is Cl.Cl.NCCCCN(c1cccc2c1CN(C1CCC(=O)NC1=O)C2=O)C1CCC(N)CC1. The lowest BCUT2D eigenvalue weighted by Crippen LogP contribution is -2.52. The lowest BCUT2D eigenvalue weighted by Gasteiger charge is -2.39. The van der Waals surface area contributed by atoms with E-state index in [0.29, 0.717) is 31.1 Å². The molecule has 0 aromatic heterocycles. The Morgan fingerprint density at radius 2 is 1.76 bits per heavy atom. The van der Waals surface area contributed by atoms with Crippen molar-refractivity contribution in [3.63, 3.8) is 0 Å². The second-order valence-corrected chi connectivity index (χ2v) is 8.96. The van der Waals surface area contributed by atoms with E-state index in [2.05, 4.69) is 16.3 Å². The van der Waals surface area contributed by atoms with Gasteiger partial charge in [-0.25, -0.2) is 0 Å². The number of anilines is 1. The molecule has 1 unspecified atom stereocenters. The minimum absolute atomic E-state index is 0. The number of fused-ring (bicyclic) bond motifs is 1. The Bertz CT molecular complexity index is 860. The van der Waals surface area contributed by atoms with Gasteiger partial charge in [0.05, 0.1) is 0 Å². The first kappa shape index (κ1) is 27.4. The van der Waals surface area contributed by atoms with E-state index in [9.17, 15) is 14.4 Å². The molecular weight excluding hydrogens is 465 g/mol. The molecule has 0 spiro atoms. The normalized spacial score (nSPS) is 24.5. The molecule has 2 heterocycles. The predicted molar refractivity (Wildman–Crippen MR) is 133 cm³/mol. The molecule has 2 fully saturated rings. The molecule has 184 valence electrons. The minimum atomic E-state index is -0.594. The Labute approximate surface area is 207 Å². The van der Waals surface area contributed by atoms with Gasteiger partial charge in [-0.3, -0.25) is 19.7 Å². The molecule has 1 saturated carbocycles. The van der Waals surface area contributed by atoms with E-state index < -0.39 is 6.04 Å². The highest BCUT2D eigenvalue weighted by atomic mass is 35.5. The fourth-order valence-electron chi connectivity index (χ4n) is 5.18. The molecule has 33 heavy (non-hydrogen) atoms. The number of hydrogen-bond donors (Lipinski definition) is 3. The number of piperidine rings is 1. The third-order valence-electron chi connectivity index (χ3n) is 6.90. The highest BCUT2D eigenvalue weighted by Gasteiger charge is 2.40. The second kappa shape index (κ2) is 12.0. The Morgan fingerprint density at radius 3 is 2.42 bits per heavy atom. The van der Waals surface area contributed by atoms with Crippen LogP contribution in [0.2, 0.25) is 0 Å². The summed E-state index contributed by atoms with van der Waals surface area (Å²) in [7, 11) is 0. The number of nitrogens with one attached hydrogen (secondary N) is 1. The van der Waals surface area contributed by atoms with Gasteiger partial charge in [0.15, 0.2) is 0 Å². The Balaban J connectivity index is 0.00000193. The number of nitrogens with two attached hydrogens (primary N) is 2. The average molecular weight is 500 g/mol. The number of carbonyl (C=O) groups excluding carboxylic acids is 3. The number of unbranched alkanes of at least 4 members (excludes halogenated alkanes) is 1. The maximum Gasteiger partial charge on any atom is 0.255 e. The van der Waals surface area contributed by atoms with Gasteiger partial charge >= 0.3 is 0 Å². The molecule has 1 saturated heterocycles. The van der Waals surface area contributed by atoms with Gasteiger partial charge in [0.1, 0.15) is 6.04 Å². The summed E-state index contributed by atoms with van der Waals surface area (Å²) in [6.07, 6.45) is 6.68. The zero-order chi connectivity index (χ0) is 22.0. The number of halogens is 2. The van der Waals surface area contributed by atoms with Crippen LogP contribution >= 0.6 is 24.8 Å². The maximum absolute atomic E-state index is 13.2. The fourth-order valence-corrected chi connectivity index (χ4v) is 5.18. The summed E-state index contributed by atoms with van der Waals surface area (Å²) >= 11 is 0. The summed E-state index contributed by atoms with van der Waals surface area (Å²) < 4.78 is 0. The van der Waals surface area contributed by atoms with Gasteiger partial charge in [0.25, 0.3) is 5.91 Å². The number of nitrogens with zero attached hydrogens (tertiary/aromatic N) is 2. The van der Waals surface area contributed by atoms with Gasteiger partial charge in [0.2, 0.25) is 11.8 Å². The molecule has 10 heteroatoms. The van der Waals surface area contributed by atoms with Gasteiger partial charge in [-0.05, 0) is 63.6 Å². The van der Waals surface area contributed by atoms with Crippen molar-refractivity contribution in [1.29, 1.82) is 0 Å². The molecule has 1 aromatic rings. The Kier molecular flexibility index (Phi) is 9.97. The molecule has 1 aliphatic carbocycles. The number of rotatable bonds is 7. The third kappa shape index (κ3) is 5.80. The summed E-state index contributed by atoms with van der Waals surface area (Å²) in [5, 5.41) is 2.38. The maximum atomic E-state index is 13.2. The summed E-state index contributed by atoms with van der Waals surface area (Å²) in [5.74, 6) is -0.772. The Hall–Kier alpha value is -1.87. The molecule has 0 bridgehead atoms. The van der Waals surface area contributed by atoms with Crippen molar-refractivity contribution in [3.05, 3.63) is 29.3 Å². The summed E-state index contributed by atoms with van der Waals surface area (Å²) in [6, 6.07) is 5.95. The molecule has 0 radical (unpaired) electrons. The van der Waals surface area contributed by atoms with Crippen LogP contribution in [-0.2, 0) is 16.1 Å². The van der Waals surface area contributed by atoms with E-state index in [1.54, 1.807) is 4.90 Å². The van der Waals surface area contributed by atoms with Gasteiger partial charge < -0.3 is 21.3 Å². The first-order valence-corrected chi connectivity index (χ1v) is 11.5. The largest absolute Gasteiger partial charge is 0.368 e. The van der Waals surface area contributed by atoms with Crippen molar-refractivity contribution in [1.82, 2.24) is 10.2 Å². The summed E-state index contributed by atoms with van der Waals surface area (Å²) in [6.45, 7) is 1.95. The fraction of sp³-hybridized carbons (Fsp3) is 0.609. The van der Waals surface area contributed by atoms with E-state index in [1.165, 1.54) is 0 Å². The standard InChI is InChI=1S/C23H33N5O3.2ClH/c24-12-1-2-13-27(16-8-6-15(25)7-9-16)19-5-3-4-17-18(19)14-28(23(17)31)20-10-11-21(29)26-22(20)30;;/h3-5,15-16,20H,1-2,6-14,24-25H2,(H,26,29,30);2*1H. The number of amides is 3. The lowest BCUT2D eigenvalue weighted by molar-refractivity contribution is -0.136. The van der Waals surface area contributed by atoms with Crippen LogP contribution in [0.5, 0.6) is 0 Å². The van der Waals surface area contributed by atoms with Gasteiger partial charge in [0, 0.05) is 48.4 Å². The zero-order valence-electron chi connectivity index (χ0n) is 18.8. The van der Waals surface area contributed by atoms with E-state index in [-0.39, 0.29) is 55.0 Å². The van der Waals surface area contributed by atoms with E-state index in [1.807, 2.05) is 12.1 Å². The molecule has 3 aliphatic rings. The topological polar surface area (TPSA) is 122 Å². The molecule has 2 aliphatic heterocycles. The predicted octanol–water partition coefficient (Wildman–Crippen LogP) is 2.11. The first-order chi connectivity index (χ1) is 15.0. The van der Waals surface area contributed by atoms with Crippen LogP contribution in [0.3, 0.4) is 0 Å². The molecule has 1 atom stereocenters. The van der Waals surface area contributed by atoms with E-state index in [4.69, 9.17) is 11.5 Å². The number of hydrogen-bond acceptors (Lipinski definition) is 6. The number of benzene rings is 1. The zero-order valence-corrected chi connectivity index (χ0v) is 20.5. The quantitative estimate of drug-likeness (QED) is 0.390. The lowest BCUT2D eigenvalue weighted by atomic mass is 9.89. The Morgan fingerprint density at radius 1 is 1.03 bits per heavy atom. The van der Waals surface area contributed by atoms with Crippen molar-refractivity contribution in [2.24, 2.45) is 11.5 Å². The highest BCUT2D eigenvalue weighted by Crippen LogP contribution is 2.37. The average Bonchev–Trinajstić information content (AvgIpc) is 3.09. The molecule has 3 amide bonds. The first-order valence-electron chi connectivity index (χ1n) is 11.5. The van der Waals surface area contributed by atoms with E-state index in [0.717, 1.165) is 56.3 Å². The summed E-state index contributed by atoms with van der Waals surface area (Å²) in [4.78, 5) is 41.2. The van der Waals surface area contributed by atoms with Gasteiger partial charge in [-0.15, -0.1) is 24.8 Å². The van der Waals surface area contributed by atoms with E-state index >= 15 is 0 Å². The van der Waals surface area contributed by atoms with Crippen LogP contribution in [-0.4, -0.2) is 53.8 Å². The number of carbonyl (C=O) groups is 3. The third-order valence-corrected chi connectivity index (χ3v) is 6.90. The smallest absolute Gasteiger partial charge is 0.255 e. The second-order valence-electron chi connectivity index (χ2n) is 8.96. The van der Waals surface area contributed by atoms with Crippen molar-refractivity contribution in [3.8, 4) is 0 Å². The van der Waals surface area contributed by atoms with Crippen LogP contribution in [0.25, 0.3) is 0 Å². The van der Waals surface area contributed by atoms with Crippen LogP contribution in [0, 0.1) is 0 Å². The molecule has 4 rings (SSSR count). The van der Waals surface area contributed by atoms with Crippen LogP contribution in [0.4, 0.5) is 5.69 Å². The molecule has 8 nitrogen and oxygen atoms in total. The molecule has 1 aromatic carbocycles. The van der Waals surface area contributed by atoms with Crippen molar-refractivity contribution in [2.45, 2.75) is 76.0 Å². The number of imide groups is 1. The van der Waals surface area contributed by atoms with Crippen molar-refractivity contribution >= 4 is 48.2 Å². The highest BCUT2D eigenvalue weighted by molar-refractivity contribution is 6.06. The van der Waals surface area contributed by atoms with Gasteiger partial charge in [-0.1, -0.05) is 6.07 Å². The van der Waals surface area contributed by atoms with Crippen molar-refractivity contribution in [2.75, 3.05) is 18.0 Å². The molecule has 5 N–H and O–H groups in total.